The molecule has 1 amide bonds. The lowest BCUT2D eigenvalue weighted by Gasteiger charge is -2.23. The molecule has 0 spiro atoms. The van der Waals surface area contributed by atoms with Crippen LogP contribution in [0.4, 0.5) is 5.69 Å². The van der Waals surface area contributed by atoms with Crippen LogP contribution in [-0.2, 0) is 30.7 Å². The van der Waals surface area contributed by atoms with Crippen LogP contribution >= 0.6 is 15.9 Å². The van der Waals surface area contributed by atoms with Crippen molar-refractivity contribution < 1.29 is 22.7 Å². The average molecular weight is 435 g/mol. The first kappa shape index (κ1) is 20.3. The third kappa shape index (κ3) is 4.06. The van der Waals surface area contributed by atoms with Gasteiger partial charge in [-0.3, -0.25) is 4.79 Å². The maximum Gasteiger partial charge on any atom is 0.244 e. The van der Waals surface area contributed by atoms with Gasteiger partial charge in [0.15, 0.2) is 6.29 Å². The van der Waals surface area contributed by atoms with E-state index in [9.17, 15) is 13.2 Å². The summed E-state index contributed by atoms with van der Waals surface area (Å²) in [4.78, 5) is 13.9. The van der Waals surface area contributed by atoms with Crippen LogP contribution in [0.1, 0.15) is 18.9 Å². The Morgan fingerprint density at radius 1 is 1.36 bits per heavy atom. The number of likely N-dealkylation sites (N-methyl/N-ethyl adjacent to an activating group) is 1. The predicted molar refractivity (Wildman–Crippen MR) is 98.1 cm³/mol. The van der Waals surface area contributed by atoms with Gasteiger partial charge in [0.2, 0.25) is 15.9 Å². The Bertz CT molecular complexity index is 749. The second kappa shape index (κ2) is 8.13. The maximum absolute atomic E-state index is 12.9. The number of ether oxygens (including phenoxy) is 2. The molecule has 2 rings (SSSR count). The SMILES string of the molecule is CCC(=O)N1CCc2cc(Br)c(S(=O)(=O)N(C)CC(OC)OC)cc21. The van der Waals surface area contributed by atoms with Crippen molar-refractivity contribution in [3.05, 3.63) is 22.2 Å². The lowest BCUT2D eigenvalue weighted by atomic mass is 10.2. The molecule has 0 aliphatic carbocycles. The number of amides is 1. The smallest absolute Gasteiger partial charge is 0.244 e. The number of sulfonamides is 1. The summed E-state index contributed by atoms with van der Waals surface area (Å²) in [6, 6.07) is 3.35. The second-order valence-electron chi connectivity index (χ2n) is 5.75. The van der Waals surface area contributed by atoms with Gasteiger partial charge in [0.05, 0.1) is 11.4 Å². The highest BCUT2D eigenvalue weighted by Crippen LogP contribution is 2.36. The van der Waals surface area contributed by atoms with Gasteiger partial charge < -0.3 is 14.4 Å². The van der Waals surface area contributed by atoms with E-state index in [0.29, 0.717) is 29.5 Å². The second-order valence-corrected chi connectivity index (χ2v) is 8.61. The van der Waals surface area contributed by atoms with Crippen LogP contribution in [-0.4, -0.2) is 59.3 Å². The molecule has 0 atom stereocenters. The highest BCUT2D eigenvalue weighted by Gasteiger charge is 2.31. The molecule has 25 heavy (non-hydrogen) atoms. The zero-order valence-corrected chi connectivity index (χ0v) is 17.2. The molecule has 0 radical (unpaired) electrons. The Morgan fingerprint density at radius 2 is 2.00 bits per heavy atom. The molecular weight excluding hydrogens is 412 g/mol. The van der Waals surface area contributed by atoms with E-state index in [1.165, 1.54) is 25.6 Å². The van der Waals surface area contributed by atoms with E-state index in [4.69, 9.17) is 9.47 Å². The van der Waals surface area contributed by atoms with Crippen molar-refractivity contribution in [2.24, 2.45) is 0 Å². The van der Waals surface area contributed by atoms with Crippen LogP contribution < -0.4 is 4.90 Å². The summed E-state index contributed by atoms with van der Waals surface area (Å²) < 4.78 is 37.7. The lowest BCUT2D eigenvalue weighted by molar-refractivity contribution is -0.118. The van der Waals surface area contributed by atoms with Gasteiger partial charge in [-0.1, -0.05) is 6.92 Å². The molecule has 0 bridgehead atoms. The number of halogens is 1. The van der Waals surface area contributed by atoms with Crippen molar-refractivity contribution in [1.82, 2.24) is 4.31 Å². The average Bonchev–Trinajstić information content (AvgIpc) is 3.00. The van der Waals surface area contributed by atoms with Crippen LogP contribution in [0.5, 0.6) is 0 Å². The highest BCUT2D eigenvalue weighted by molar-refractivity contribution is 9.10. The number of benzene rings is 1. The van der Waals surface area contributed by atoms with Crippen molar-refractivity contribution >= 4 is 37.5 Å². The molecular formula is C16H23BrN2O5S. The number of methoxy groups -OCH3 is 2. The molecule has 0 saturated heterocycles. The number of nitrogens with zero attached hydrogens (tertiary/aromatic N) is 2. The third-order valence-electron chi connectivity index (χ3n) is 4.25. The fourth-order valence-electron chi connectivity index (χ4n) is 2.76. The number of rotatable bonds is 7. The van der Waals surface area contributed by atoms with Crippen LogP contribution in [0.25, 0.3) is 0 Å². The van der Waals surface area contributed by atoms with Crippen molar-refractivity contribution in [3.8, 4) is 0 Å². The molecule has 140 valence electrons. The summed E-state index contributed by atoms with van der Waals surface area (Å²) in [5, 5.41) is 0. The number of fused-ring (bicyclic) bond motifs is 1. The molecule has 1 aliphatic rings. The zero-order chi connectivity index (χ0) is 18.8. The predicted octanol–water partition coefficient (Wildman–Crippen LogP) is 1.99. The van der Waals surface area contributed by atoms with Gasteiger partial charge in [-0.05, 0) is 40.0 Å². The van der Waals surface area contributed by atoms with Gasteiger partial charge in [-0.25, -0.2) is 8.42 Å². The standard InChI is InChI=1S/C16H23BrN2O5S/c1-5-15(20)19-7-6-11-8-12(17)14(9-13(11)19)25(21,22)18(2)10-16(23-3)24-4/h8-9,16H,5-7,10H2,1-4H3. The molecule has 7 nitrogen and oxygen atoms in total. The third-order valence-corrected chi connectivity index (χ3v) is 7.03. The summed E-state index contributed by atoms with van der Waals surface area (Å²) in [5.41, 5.74) is 1.62. The van der Waals surface area contributed by atoms with Crippen LogP contribution in [0.15, 0.2) is 21.5 Å². The Kier molecular flexibility index (Phi) is 6.61. The number of carbonyl (C=O) groups excluding carboxylic acids is 1. The fraction of sp³-hybridized carbons (Fsp3) is 0.562. The summed E-state index contributed by atoms with van der Waals surface area (Å²) in [7, 11) is 0.599. The van der Waals surface area contributed by atoms with E-state index < -0.39 is 16.3 Å². The number of carbonyl (C=O) groups is 1. The Labute approximate surface area is 157 Å². The largest absolute Gasteiger partial charge is 0.355 e. The quantitative estimate of drug-likeness (QED) is 0.613. The van der Waals surface area contributed by atoms with Gasteiger partial charge in [-0.15, -0.1) is 0 Å². The molecule has 9 heteroatoms. The molecule has 0 saturated carbocycles. The summed E-state index contributed by atoms with van der Waals surface area (Å²) in [6.07, 6.45) is 0.428. The monoisotopic (exact) mass is 434 g/mol. The zero-order valence-electron chi connectivity index (χ0n) is 14.8. The van der Waals surface area contributed by atoms with Crippen molar-refractivity contribution in [3.63, 3.8) is 0 Å². The van der Waals surface area contributed by atoms with Crippen molar-refractivity contribution in [2.75, 3.05) is 39.3 Å². The van der Waals surface area contributed by atoms with Crippen LogP contribution in [0.2, 0.25) is 0 Å². The Hall–Kier alpha value is -1.00. The topological polar surface area (TPSA) is 76.2 Å². The molecule has 0 unspecified atom stereocenters. The minimum atomic E-state index is -3.77. The first-order chi connectivity index (χ1) is 11.8. The van der Waals surface area contributed by atoms with E-state index in [0.717, 1.165) is 5.56 Å². The number of anilines is 1. The van der Waals surface area contributed by atoms with Crippen LogP contribution in [0.3, 0.4) is 0 Å². The van der Waals surface area contributed by atoms with Crippen molar-refractivity contribution in [1.29, 1.82) is 0 Å². The molecule has 0 N–H and O–H groups in total. The van der Waals surface area contributed by atoms with Crippen molar-refractivity contribution in [2.45, 2.75) is 31.0 Å². The van der Waals surface area contributed by atoms with Gasteiger partial charge in [0.1, 0.15) is 0 Å². The Balaban J connectivity index is 2.40. The summed E-state index contributed by atoms with van der Waals surface area (Å²) >= 11 is 3.36. The maximum atomic E-state index is 12.9. The minimum Gasteiger partial charge on any atom is -0.355 e. The number of hydrogen-bond acceptors (Lipinski definition) is 5. The lowest BCUT2D eigenvalue weighted by Crippen LogP contribution is -2.36. The molecule has 1 heterocycles. The van der Waals surface area contributed by atoms with E-state index in [1.807, 2.05) is 0 Å². The van der Waals surface area contributed by atoms with Gasteiger partial charge in [0.25, 0.3) is 0 Å². The molecule has 1 aromatic rings. The van der Waals surface area contributed by atoms with E-state index in [2.05, 4.69) is 15.9 Å². The van der Waals surface area contributed by atoms with Gasteiger partial charge >= 0.3 is 0 Å². The van der Waals surface area contributed by atoms with E-state index in [-0.39, 0.29) is 17.3 Å². The molecule has 1 aliphatic heterocycles. The minimum absolute atomic E-state index is 0.0170. The van der Waals surface area contributed by atoms with E-state index >= 15 is 0 Å². The number of hydrogen-bond donors (Lipinski definition) is 0. The summed E-state index contributed by atoms with van der Waals surface area (Å²) in [5.74, 6) is -0.0170. The first-order valence-corrected chi connectivity index (χ1v) is 10.1. The molecule has 1 aromatic carbocycles. The highest BCUT2D eigenvalue weighted by atomic mass is 79.9. The first-order valence-electron chi connectivity index (χ1n) is 7.91. The molecule has 0 aromatic heterocycles. The van der Waals surface area contributed by atoms with Crippen LogP contribution in [0, 0.1) is 0 Å². The van der Waals surface area contributed by atoms with Gasteiger partial charge in [-0.2, -0.15) is 4.31 Å². The Morgan fingerprint density at radius 3 is 2.56 bits per heavy atom. The summed E-state index contributed by atoms with van der Waals surface area (Å²) in [6.45, 7) is 2.42. The fourth-order valence-corrected chi connectivity index (χ4v) is 4.98. The molecule has 0 fully saturated rings. The van der Waals surface area contributed by atoms with E-state index in [1.54, 1.807) is 24.0 Å². The van der Waals surface area contributed by atoms with Gasteiger partial charge in [0, 0.05) is 44.4 Å². The normalized spacial score (nSPS) is 14.4.